The first-order chi connectivity index (χ1) is 11.4. The summed E-state index contributed by atoms with van der Waals surface area (Å²) in [5.41, 5.74) is 2.47. The van der Waals surface area contributed by atoms with E-state index in [1.54, 1.807) is 45.3 Å². The van der Waals surface area contributed by atoms with Crippen LogP contribution in [0.15, 0.2) is 54.1 Å². The van der Waals surface area contributed by atoms with Crippen LogP contribution in [0.25, 0.3) is 6.08 Å². The highest BCUT2D eigenvalue weighted by Gasteiger charge is 2.13. The molecule has 4 nitrogen and oxygen atoms in total. The van der Waals surface area contributed by atoms with Crippen LogP contribution in [0.1, 0.15) is 22.8 Å². The van der Waals surface area contributed by atoms with Gasteiger partial charge in [0.1, 0.15) is 0 Å². The fraction of sp³-hybridized carbons (Fsp3) is 0.158. The molecule has 0 aliphatic heterocycles. The lowest BCUT2D eigenvalue weighted by Gasteiger charge is -2.13. The predicted octanol–water partition coefficient (Wildman–Crippen LogP) is 4.08. The summed E-state index contributed by atoms with van der Waals surface area (Å²) in [6.45, 7) is 1.74. The molecule has 0 saturated heterocycles. The summed E-state index contributed by atoms with van der Waals surface area (Å²) in [7, 11) is 3.32. The third-order valence-electron chi connectivity index (χ3n) is 3.40. The number of anilines is 1. The quantitative estimate of drug-likeness (QED) is 0.851. The van der Waals surface area contributed by atoms with Gasteiger partial charge in [0.05, 0.1) is 10.6 Å². The highest BCUT2D eigenvalue weighted by molar-refractivity contribution is 6.34. The van der Waals surface area contributed by atoms with Crippen molar-refractivity contribution in [3.8, 4) is 0 Å². The minimum atomic E-state index is -0.221. The van der Waals surface area contributed by atoms with Gasteiger partial charge in [-0.2, -0.15) is 0 Å². The summed E-state index contributed by atoms with van der Waals surface area (Å²) in [5.74, 6) is -0.403. The third kappa shape index (κ3) is 4.46. The minimum Gasteiger partial charge on any atom is -0.345 e. The first-order valence-electron chi connectivity index (χ1n) is 7.44. The summed E-state index contributed by atoms with van der Waals surface area (Å²) >= 11 is 6.15. The summed E-state index contributed by atoms with van der Waals surface area (Å²) in [6.07, 6.45) is 1.81. The SMILES string of the molecule is C/C(=C\c1ccccc1)C(=O)Nc1ccc(C(=O)N(C)C)c(Cl)c1. The van der Waals surface area contributed by atoms with Crippen LogP contribution in [0.2, 0.25) is 5.02 Å². The molecule has 1 N–H and O–H groups in total. The Morgan fingerprint density at radius 2 is 1.75 bits per heavy atom. The van der Waals surface area contributed by atoms with Crippen LogP contribution in [0.3, 0.4) is 0 Å². The molecule has 0 saturated carbocycles. The molecular formula is C19H19ClN2O2. The maximum absolute atomic E-state index is 12.3. The smallest absolute Gasteiger partial charge is 0.254 e. The Labute approximate surface area is 146 Å². The van der Waals surface area contributed by atoms with Crippen molar-refractivity contribution in [2.45, 2.75) is 6.92 Å². The second-order valence-corrected chi connectivity index (χ2v) is 5.99. The van der Waals surface area contributed by atoms with Crippen molar-refractivity contribution in [2.24, 2.45) is 0 Å². The fourth-order valence-electron chi connectivity index (χ4n) is 2.10. The van der Waals surface area contributed by atoms with E-state index < -0.39 is 0 Å². The Balaban J connectivity index is 2.13. The van der Waals surface area contributed by atoms with Gasteiger partial charge in [-0.1, -0.05) is 41.9 Å². The average molecular weight is 343 g/mol. The Kier molecular flexibility index (Phi) is 5.77. The van der Waals surface area contributed by atoms with E-state index in [1.165, 1.54) is 4.90 Å². The lowest BCUT2D eigenvalue weighted by molar-refractivity contribution is -0.112. The molecule has 0 unspecified atom stereocenters. The maximum Gasteiger partial charge on any atom is 0.254 e. The van der Waals surface area contributed by atoms with Gasteiger partial charge in [0.25, 0.3) is 11.8 Å². The van der Waals surface area contributed by atoms with Crippen molar-refractivity contribution in [1.82, 2.24) is 4.90 Å². The van der Waals surface area contributed by atoms with E-state index in [-0.39, 0.29) is 11.8 Å². The van der Waals surface area contributed by atoms with Crippen molar-refractivity contribution in [1.29, 1.82) is 0 Å². The molecule has 24 heavy (non-hydrogen) atoms. The molecule has 124 valence electrons. The van der Waals surface area contributed by atoms with Crippen LogP contribution >= 0.6 is 11.6 Å². The van der Waals surface area contributed by atoms with E-state index in [0.29, 0.717) is 21.8 Å². The molecule has 5 heteroatoms. The van der Waals surface area contributed by atoms with Crippen molar-refractivity contribution in [3.63, 3.8) is 0 Å². The van der Waals surface area contributed by atoms with Gasteiger partial charge in [0.2, 0.25) is 0 Å². The van der Waals surface area contributed by atoms with Crippen LogP contribution in [-0.2, 0) is 4.79 Å². The van der Waals surface area contributed by atoms with E-state index >= 15 is 0 Å². The monoisotopic (exact) mass is 342 g/mol. The fourth-order valence-corrected chi connectivity index (χ4v) is 2.36. The second-order valence-electron chi connectivity index (χ2n) is 5.59. The number of amides is 2. The molecule has 2 aromatic carbocycles. The Bertz CT molecular complexity index is 783. The molecule has 2 rings (SSSR count). The molecule has 0 aromatic heterocycles. The first kappa shape index (κ1) is 17.8. The van der Waals surface area contributed by atoms with Crippen LogP contribution < -0.4 is 5.32 Å². The molecule has 0 radical (unpaired) electrons. The molecule has 0 heterocycles. The molecule has 2 amide bonds. The molecule has 0 spiro atoms. The number of nitrogens with one attached hydrogen (secondary N) is 1. The summed E-state index contributed by atoms with van der Waals surface area (Å²) < 4.78 is 0. The van der Waals surface area contributed by atoms with Gasteiger partial charge in [-0.15, -0.1) is 0 Å². The van der Waals surface area contributed by atoms with E-state index in [2.05, 4.69) is 5.32 Å². The highest BCUT2D eigenvalue weighted by atomic mass is 35.5. The highest BCUT2D eigenvalue weighted by Crippen LogP contribution is 2.22. The van der Waals surface area contributed by atoms with Gasteiger partial charge in [0.15, 0.2) is 0 Å². The van der Waals surface area contributed by atoms with Crippen LogP contribution in [0.4, 0.5) is 5.69 Å². The molecule has 2 aromatic rings. The lowest BCUT2D eigenvalue weighted by Crippen LogP contribution is -2.22. The van der Waals surface area contributed by atoms with E-state index in [9.17, 15) is 9.59 Å². The number of hydrogen-bond acceptors (Lipinski definition) is 2. The normalized spacial score (nSPS) is 11.1. The topological polar surface area (TPSA) is 49.4 Å². The Hall–Kier alpha value is -2.59. The van der Waals surface area contributed by atoms with Crippen molar-refractivity contribution in [3.05, 3.63) is 70.3 Å². The second kappa shape index (κ2) is 7.79. The zero-order valence-electron chi connectivity index (χ0n) is 13.8. The maximum atomic E-state index is 12.3. The van der Waals surface area contributed by atoms with Gasteiger partial charge in [-0.3, -0.25) is 9.59 Å². The molecule has 0 atom stereocenters. The van der Waals surface area contributed by atoms with E-state index in [4.69, 9.17) is 11.6 Å². The molecular weight excluding hydrogens is 324 g/mol. The van der Waals surface area contributed by atoms with Crippen molar-refractivity contribution in [2.75, 3.05) is 19.4 Å². The van der Waals surface area contributed by atoms with E-state index in [1.807, 2.05) is 30.3 Å². The largest absolute Gasteiger partial charge is 0.345 e. The average Bonchev–Trinajstić information content (AvgIpc) is 2.55. The van der Waals surface area contributed by atoms with Gasteiger partial charge < -0.3 is 10.2 Å². The molecule has 0 fully saturated rings. The van der Waals surface area contributed by atoms with Gasteiger partial charge in [-0.25, -0.2) is 0 Å². The number of rotatable bonds is 4. The third-order valence-corrected chi connectivity index (χ3v) is 3.72. The number of halogens is 1. The zero-order valence-corrected chi connectivity index (χ0v) is 14.6. The van der Waals surface area contributed by atoms with Crippen molar-refractivity contribution < 1.29 is 9.59 Å². The number of nitrogens with zero attached hydrogens (tertiary/aromatic N) is 1. The molecule has 0 bridgehead atoms. The van der Waals surface area contributed by atoms with Crippen molar-refractivity contribution >= 4 is 35.2 Å². The number of hydrogen-bond donors (Lipinski definition) is 1. The number of carbonyl (C=O) groups excluding carboxylic acids is 2. The molecule has 0 aliphatic carbocycles. The van der Waals surface area contributed by atoms with Crippen LogP contribution in [0, 0.1) is 0 Å². The number of carbonyl (C=O) groups is 2. The van der Waals surface area contributed by atoms with Gasteiger partial charge in [-0.05, 0) is 36.8 Å². The lowest BCUT2D eigenvalue weighted by atomic mass is 10.1. The number of benzene rings is 2. The Morgan fingerprint density at radius 3 is 2.33 bits per heavy atom. The van der Waals surface area contributed by atoms with Gasteiger partial charge in [0, 0.05) is 25.4 Å². The summed E-state index contributed by atoms with van der Waals surface area (Å²) in [6, 6.07) is 14.4. The van der Waals surface area contributed by atoms with Gasteiger partial charge >= 0.3 is 0 Å². The standard InChI is InChI=1S/C19H19ClN2O2/c1-13(11-14-7-5-4-6-8-14)18(23)21-15-9-10-16(17(20)12-15)19(24)22(2)3/h4-12H,1-3H3,(H,21,23)/b13-11+. The van der Waals surface area contributed by atoms with Crippen LogP contribution in [0.5, 0.6) is 0 Å². The zero-order chi connectivity index (χ0) is 17.7. The Morgan fingerprint density at radius 1 is 1.08 bits per heavy atom. The summed E-state index contributed by atoms with van der Waals surface area (Å²) in [5, 5.41) is 3.08. The predicted molar refractivity (Wildman–Crippen MR) is 98.2 cm³/mol. The first-order valence-corrected chi connectivity index (χ1v) is 7.82. The minimum absolute atomic E-state index is 0.182. The van der Waals surface area contributed by atoms with E-state index in [0.717, 1.165) is 5.56 Å². The molecule has 0 aliphatic rings. The summed E-state index contributed by atoms with van der Waals surface area (Å²) in [4.78, 5) is 25.7. The van der Waals surface area contributed by atoms with Crippen LogP contribution in [-0.4, -0.2) is 30.8 Å².